The van der Waals surface area contributed by atoms with Crippen LogP contribution in [0.3, 0.4) is 0 Å². The predicted octanol–water partition coefficient (Wildman–Crippen LogP) is 3.53. The van der Waals surface area contributed by atoms with E-state index in [1.807, 2.05) is 38.1 Å². The minimum Gasteiger partial charge on any atom is -0.477 e. The van der Waals surface area contributed by atoms with E-state index in [9.17, 15) is 13.2 Å². The molecular formula is C22H25F3N6O2. The van der Waals surface area contributed by atoms with Gasteiger partial charge in [0.1, 0.15) is 6.10 Å². The van der Waals surface area contributed by atoms with Crippen LogP contribution in [0.2, 0.25) is 0 Å². The number of pyridine rings is 1. The zero-order valence-electron chi connectivity index (χ0n) is 18.6. The number of halogens is 3. The van der Waals surface area contributed by atoms with Crippen molar-refractivity contribution >= 4 is 17.0 Å². The third-order valence-electron chi connectivity index (χ3n) is 6.31. The number of morpholine rings is 1. The van der Waals surface area contributed by atoms with Gasteiger partial charge in [-0.2, -0.15) is 28.2 Å². The average molecular weight is 462 g/mol. The number of hydrogen-bond donors (Lipinski definition) is 0. The van der Waals surface area contributed by atoms with E-state index in [2.05, 4.69) is 20.1 Å². The molecule has 8 nitrogen and oxygen atoms in total. The summed E-state index contributed by atoms with van der Waals surface area (Å²) >= 11 is 0. The molecule has 1 saturated carbocycles. The number of ether oxygens (including phenoxy) is 2. The number of fused-ring (bicyclic) bond motifs is 1. The van der Waals surface area contributed by atoms with E-state index in [-0.39, 0.29) is 25.0 Å². The highest BCUT2D eigenvalue weighted by Gasteiger charge is 2.55. The maximum atomic E-state index is 12.9. The molecule has 4 heterocycles. The normalized spacial score (nSPS) is 23.2. The highest BCUT2D eigenvalue weighted by Crippen LogP contribution is 2.50. The number of rotatable bonds is 5. The van der Waals surface area contributed by atoms with Gasteiger partial charge in [0.05, 0.1) is 37.3 Å². The Labute approximate surface area is 188 Å². The predicted molar refractivity (Wildman–Crippen MR) is 114 cm³/mol. The summed E-state index contributed by atoms with van der Waals surface area (Å²) in [5.74, 6) is -1.15. The van der Waals surface area contributed by atoms with Gasteiger partial charge in [0, 0.05) is 37.0 Å². The molecule has 5 rings (SSSR count). The Bertz CT molecular complexity index is 1180. The Morgan fingerprint density at radius 2 is 2.03 bits per heavy atom. The standard InChI is InChI=1S/C22H25F3N6O2/c1-12-6-16-19(27-13(12)2)28-21(29-20(16)33-11-14-7-17(14)22(23,24)25)31-4-5-32-18(10-31)15-8-26-30(3)9-15/h6,8-9,14,17-18H,4-5,7,10-11H2,1-3H3/t14-,17?,18-/m0/s1. The molecule has 0 radical (unpaired) electrons. The molecule has 0 bridgehead atoms. The number of nitrogens with zero attached hydrogens (tertiary/aromatic N) is 6. The lowest BCUT2D eigenvalue weighted by molar-refractivity contribution is -0.151. The van der Waals surface area contributed by atoms with E-state index >= 15 is 0 Å². The Balaban J connectivity index is 1.43. The molecule has 0 spiro atoms. The Morgan fingerprint density at radius 3 is 2.73 bits per heavy atom. The molecule has 33 heavy (non-hydrogen) atoms. The van der Waals surface area contributed by atoms with Crippen molar-refractivity contribution in [2.45, 2.75) is 32.5 Å². The van der Waals surface area contributed by atoms with Crippen molar-refractivity contribution in [1.82, 2.24) is 24.7 Å². The van der Waals surface area contributed by atoms with Crippen LogP contribution in [-0.4, -0.2) is 57.2 Å². The molecule has 3 atom stereocenters. The summed E-state index contributed by atoms with van der Waals surface area (Å²) in [6.07, 6.45) is -0.610. The number of aryl methyl sites for hydroxylation is 3. The maximum Gasteiger partial charge on any atom is 0.392 e. The monoisotopic (exact) mass is 462 g/mol. The topological polar surface area (TPSA) is 78.2 Å². The van der Waals surface area contributed by atoms with Crippen molar-refractivity contribution in [2.75, 3.05) is 31.2 Å². The first-order valence-electron chi connectivity index (χ1n) is 10.9. The molecule has 2 fully saturated rings. The van der Waals surface area contributed by atoms with Crippen LogP contribution in [0, 0.1) is 25.7 Å². The lowest BCUT2D eigenvalue weighted by atomic mass is 10.1. The summed E-state index contributed by atoms with van der Waals surface area (Å²) in [4.78, 5) is 15.8. The Kier molecular flexibility index (Phi) is 5.38. The van der Waals surface area contributed by atoms with E-state index in [1.165, 1.54) is 0 Å². The molecule has 0 amide bonds. The number of aromatic nitrogens is 5. The lowest BCUT2D eigenvalue weighted by Crippen LogP contribution is -2.39. The van der Waals surface area contributed by atoms with Gasteiger partial charge in [-0.3, -0.25) is 4.68 Å². The van der Waals surface area contributed by atoms with Gasteiger partial charge < -0.3 is 14.4 Å². The molecule has 2 aliphatic rings. The SMILES string of the molecule is Cc1cc2c(OC[C@@H]3CC3C(F)(F)F)nc(N3CCO[C@H](c4cnn(C)c4)C3)nc2nc1C. The van der Waals surface area contributed by atoms with Crippen LogP contribution in [0.4, 0.5) is 19.1 Å². The van der Waals surface area contributed by atoms with Gasteiger partial charge in [0.2, 0.25) is 11.8 Å². The first-order valence-corrected chi connectivity index (χ1v) is 10.9. The highest BCUT2D eigenvalue weighted by molar-refractivity contribution is 5.82. The van der Waals surface area contributed by atoms with E-state index in [1.54, 1.807) is 10.9 Å². The summed E-state index contributed by atoms with van der Waals surface area (Å²) in [7, 11) is 1.85. The second kappa shape index (κ2) is 8.12. The van der Waals surface area contributed by atoms with Crippen LogP contribution in [0.1, 0.15) is 29.3 Å². The molecule has 3 aromatic rings. The molecule has 1 aliphatic carbocycles. The van der Waals surface area contributed by atoms with Gasteiger partial charge in [0.15, 0.2) is 5.65 Å². The van der Waals surface area contributed by atoms with Crippen LogP contribution in [0.15, 0.2) is 18.5 Å². The summed E-state index contributed by atoms with van der Waals surface area (Å²) in [5, 5.41) is 4.81. The zero-order valence-corrected chi connectivity index (χ0v) is 18.6. The van der Waals surface area contributed by atoms with E-state index in [0.29, 0.717) is 36.7 Å². The minimum atomic E-state index is -4.18. The zero-order chi connectivity index (χ0) is 23.3. The second-order valence-electron chi connectivity index (χ2n) is 8.80. The van der Waals surface area contributed by atoms with Crippen molar-refractivity contribution in [3.63, 3.8) is 0 Å². The summed E-state index contributed by atoms with van der Waals surface area (Å²) in [5.41, 5.74) is 3.18. The number of hydrogen-bond acceptors (Lipinski definition) is 7. The molecular weight excluding hydrogens is 437 g/mol. The van der Waals surface area contributed by atoms with Gasteiger partial charge in [-0.1, -0.05) is 0 Å². The Morgan fingerprint density at radius 1 is 1.21 bits per heavy atom. The third-order valence-corrected chi connectivity index (χ3v) is 6.31. The molecule has 1 unspecified atom stereocenters. The van der Waals surface area contributed by atoms with Gasteiger partial charge >= 0.3 is 6.18 Å². The second-order valence-corrected chi connectivity index (χ2v) is 8.80. The quantitative estimate of drug-likeness (QED) is 0.574. The fourth-order valence-corrected chi connectivity index (χ4v) is 4.12. The largest absolute Gasteiger partial charge is 0.477 e. The summed E-state index contributed by atoms with van der Waals surface area (Å²) < 4.78 is 52.3. The molecule has 11 heteroatoms. The van der Waals surface area contributed by atoms with E-state index < -0.39 is 18.0 Å². The molecule has 176 valence electrons. The minimum absolute atomic E-state index is 0.0376. The van der Waals surface area contributed by atoms with E-state index in [4.69, 9.17) is 9.47 Å². The van der Waals surface area contributed by atoms with Crippen LogP contribution >= 0.6 is 0 Å². The fourth-order valence-electron chi connectivity index (χ4n) is 4.12. The smallest absolute Gasteiger partial charge is 0.392 e. The van der Waals surface area contributed by atoms with Gasteiger partial charge in [-0.15, -0.1) is 0 Å². The van der Waals surface area contributed by atoms with Crippen molar-refractivity contribution in [3.8, 4) is 5.88 Å². The van der Waals surface area contributed by atoms with Gasteiger partial charge in [0.25, 0.3) is 0 Å². The third kappa shape index (κ3) is 4.46. The first-order chi connectivity index (χ1) is 15.7. The number of alkyl halides is 3. The molecule has 0 N–H and O–H groups in total. The van der Waals surface area contributed by atoms with Gasteiger partial charge in [-0.25, -0.2) is 4.98 Å². The molecule has 0 aromatic carbocycles. The first kappa shape index (κ1) is 21.9. The van der Waals surface area contributed by atoms with E-state index in [0.717, 1.165) is 16.8 Å². The highest BCUT2D eigenvalue weighted by atomic mass is 19.4. The molecule has 1 saturated heterocycles. The average Bonchev–Trinajstić information content (AvgIpc) is 3.45. The van der Waals surface area contributed by atoms with Crippen molar-refractivity contribution in [1.29, 1.82) is 0 Å². The van der Waals surface area contributed by atoms with Crippen molar-refractivity contribution in [2.24, 2.45) is 18.9 Å². The maximum absolute atomic E-state index is 12.9. The van der Waals surface area contributed by atoms with Crippen molar-refractivity contribution in [3.05, 3.63) is 35.3 Å². The summed E-state index contributed by atoms with van der Waals surface area (Å²) in [6, 6.07) is 1.88. The summed E-state index contributed by atoms with van der Waals surface area (Å²) in [6.45, 7) is 5.34. The van der Waals surface area contributed by atoms with Crippen LogP contribution in [0.5, 0.6) is 5.88 Å². The van der Waals surface area contributed by atoms with Crippen molar-refractivity contribution < 1.29 is 22.6 Å². The fraction of sp³-hybridized carbons (Fsp3) is 0.545. The Hall–Kier alpha value is -2.95. The van der Waals surface area contributed by atoms with Gasteiger partial charge in [-0.05, 0) is 31.9 Å². The molecule has 1 aliphatic heterocycles. The van der Waals surface area contributed by atoms with Crippen LogP contribution in [-0.2, 0) is 11.8 Å². The molecule has 3 aromatic heterocycles. The number of anilines is 1. The van der Waals surface area contributed by atoms with Crippen LogP contribution in [0.25, 0.3) is 11.0 Å². The van der Waals surface area contributed by atoms with Crippen LogP contribution < -0.4 is 9.64 Å². The lowest BCUT2D eigenvalue weighted by Gasteiger charge is -2.32.